The van der Waals surface area contributed by atoms with E-state index in [1.165, 1.54) is 30.3 Å². The molecule has 1 fully saturated rings. The topological polar surface area (TPSA) is 190 Å². The van der Waals surface area contributed by atoms with Crippen LogP contribution in [0.15, 0.2) is 45.6 Å². The van der Waals surface area contributed by atoms with E-state index >= 15 is 0 Å². The molecule has 1 saturated heterocycles. The van der Waals surface area contributed by atoms with Crippen LogP contribution >= 0.6 is 0 Å². The number of hydrogen-bond donors (Lipinski definition) is 7. The number of hydrogen-bond acceptors (Lipinski definition) is 11. The summed E-state index contributed by atoms with van der Waals surface area (Å²) in [6, 6.07) is 7.69. The highest BCUT2D eigenvalue weighted by Gasteiger charge is 2.44. The fourth-order valence-corrected chi connectivity index (χ4v) is 3.44. The summed E-state index contributed by atoms with van der Waals surface area (Å²) in [7, 11) is 0. The average Bonchev–Trinajstić information content (AvgIpc) is 2.77. The number of fused-ring (bicyclic) bond motifs is 1. The van der Waals surface area contributed by atoms with E-state index in [0.717, 1.165) is 6.07 Å². The van der Waals surface area contributed by atoms with E-state index in [9.17, 15) is 40.5 Å². The summed E-state index contributed by atoms with van der Waals surface area (Å²) in [6.07, 6.45) is -7.67. The minimum atomic E-state index is -1.69. The van der Waals surface area contributed by atoms with Crippen LogP contribution < -0.4 is 10.2 Å². The molecule has 2 aromatic carbocycles. The van der Waals surface area contributed by atoms with Crippen molar-refractivity contribution < 1.29 is 49.6 Å². The predicted octanol–water partition coefficient (Wildman–Crippen LogP) is -0.245. The van der Waals surface area contributed by atoms with Crippen LogP contribution in [0.5, 0.6) is 23.0 Å². The van der Waals surface area contributed by atoms with Crippen LogP contribution in [-0.2, 0) is 4.74 Å². The first kappa shape index (κ1) is 21.9. The van der Waals surface area contributed by atoms with Gasteiger partial charge in [-0.05, 0) is 24.3 Å². The first-order valence-corrected chi connectivity index (χ1v) is 9.50. The molecule has 1 aromatic heterocycles. The highest BCUT2D eigenvalue weighted by molar-refractivity contribution is 5.88. The molecule has 1 aliphatic heterocycles. The second kappa shape index (κ2) is 8.30. The van der Waals surface area contributed by atoms with Crippen molar-refractivity contribution in [1.82, 2.24) is 0 Å². The van der Waals surface area contributed by atoms with E-state index < -0.39 is 54.2 Å². The maximum atomic E-state index is 12.6. The van der Waals surface area contributed by atoms with Crippen molar-refractivity contribution in [2.45, 2.75) is 30.7 Å². The Kier molecular flexibility index (Phi) is 5.67. The lowest BCUT2D eigenvalue weighted by Crippen LogP contribution is -2.60. The lowest BCUT2D eigenvalue weighted by Gasteiger charge is -2.39. The molecular weight excluding hydrogens is 428 g/mol. The van der Waals surface area contributed by atoms with Crippen molar-refractivity contribution in [3.63, 3.8) is 0 Å². The standard InChI is InChI=1S/C21H20O11/c22-7-13-15(25)17(27)19(29)21(32-13)30-10-5-11(24)14-12(6-10)31-20(18(28)16(14)26)8-1-3-9(23)4-2-8/h1-6,13,15,17,19,21-25,27-29H,7H2/t13-,15+,17+,19-,21-/m0/s1. The van der Waals surface area contributed by atoms with Crippen LogP contribution in [0, 0.1) is 0 Å². The van der Waals surface area contributed by atoms with Gasteiger partial charge in [0, 0.05) is 17.7 Å². The molecule has 11 nitrogen and oxygen atoms in total. The van der Waals surface area contributed by atoms with Crippen LogP contribution in [0.4, 0.5) is 0 Å². The summed E-state index contributed by atoms with van der Waals surface area (Å²) in [5.41, 5.74) is -0.805. The molecular formula is C21H20O11. The highest BCUT2D eigenvalue weighted by atomic mass is 16.7. The van der Waals surface area contributed by atoms with Crippen molar-refractivity contribution in [1.29, 1.82) is 0 Å². The maximum Gasteiger partial charge on any atom is 0.238 e. The molecule has 7 N–H and O–H groups in total. The molecule has 0 radical (unpaired) electrons. The number of rotatable bonds is 4. The molecule has 5 atom stereocenters. The first-order chi connectivity index (χ1) is 15.2. The molecule has 11 heteroatoms. The number of ether oxygens (including phenoxy) is 2. The van der Waals surface area contributed by atoms with Gasteiger partial charge < -0.3 is 49.6 Å². The van der Waals surface area contributed by atoms with Crippen LogP contribution in [0.25, 0.3) is 22.3 Å². The second-order valence-electron chi connectivity index (χ2n) is 7.29. The minimum Gasteiger partial charge on any atom is -0.508 e. The number of aliphatic hydroxyl groups excluding tert-OH is 4. The Morgan fingerprint density at radius 2 is 1.62 bits per heavy atom. The number of benzene rings is 2. The monoisotopic (exact) mass is 448 g/mol. The molecule has 0 saturated carbocycles. The smallest absolute Gasteiger partial charge is 0.238 e. The zero-order valence-electron chi connectivity index (χ0n) is 16.3. The molecule has 32 heavy (non-hydrogen) atoms. The van der Waals surface area contributed by atoms with Crippen LogP contribution in [0.3, 0.4) is 0 Å². The highest BCUT2D eigenvalue weighted by Crippen LogP contribution is 2.36. The second-order valence-corrected chi connectivity index (χ2v) is 7.29. The molecule has 170 valence electrons. The van der Waals surface area contributed by atoms with Crippen LogP contribution in [-0.4, -0.2) is 73.1 Å². The molecule has 2 heterocycles. The number of aliphatic hydroxyl groups is 4. The van der Waals surface area contributed by atoms with Crippen LogP contribution in [0.1, 0.15) is 0 Å². The Hall–Kier alpha value is -3.35. The first-order valence-electron chi connectivity index (χ1n) is 9.50. The van der Waals surface area contributed by atoms with E-state index in [2.05, 4.69) is 0 Å². The molecule has 4 rings (SSSR count). The fourth-order valence-electron chi connectivity index (χ4n) is 3.44. The van der Waals surface area contributed by atoms with Gasteiger partial charge in [-0.25, -0.2) is 0 Å². The summed E-state index contributed by atoms with van der Waals surface area (Å²) in [5, 5.41) is 68.9. The van der Waals surface area contributed by atoms with Gasteiger partial charge in [0.25, 0.3) is 0 Å². The Labute approximate surface area is 179 Å². The third-order valence-corrected chi connectivity index (χ3v) is 5.15. The van der Waals surface area contributed by atoms with Gasteiger partial charge in [0.1, 0.15) is 52.6 Å². The number of aromatic hydroxyl groups is 3. The Morgan fingerprint density at radius 1 is 0.938 bits per heavy atom. The molecule has 0 spiro atoms. The SMILES string of the molecule is O=c1c(O)c(-c2ccc(O)cc2)oc2cc(O[C@H]3O[C@@H](CO)[C@@H](O)[C@@H](O)[C@@H]3O)cc(O)c12. The lowest BCUT2D eigenvalue weighted by atomic mass is 9.99. The third-order valence-electron chi connectivity index (χ3n) is 5.15. The van der Waals surface area contributed by atoms with Gasteiger partial charge in [-0.15, -0.1) is 0 Å². The largest absolute Gasteiger partial charge is 0.508 e. The molecule has 0 amide bonds. The van der Waals surface area contributed by atoms with Crippen molar-refractivity contribution >= 4 is 11.0 Å². The Balaban J connectivity index is 1.75. The zero-order valence-corrected chi connectivity index (χ0v) is 16.3. The maximum absolute atomic E-state index is 12.6. The lowest BCUT2D eigenvalue weighted by molar-refractivity contribution is -0.277. The molecule has 0 unspecified atom stereocenters. The Bertz CT molecular complexity index is 1190. The average molecular weight is 448 g/mol. The van der Waals surface area contributed by atoms with Gasteiger partial charge in [-0.3, -0.25) is 4.79 Å². The molecule has 1 aliphatic rings. The minimum absolute atomic E-state index is 0.0377. The fraction of sp³-hybridized carbons (Fsp3) is 0.286. The van der Waals surface area contributed by atoms with Gasteiger partial charge in [0.15, 0.2) is 5.76 Å². The summed E-state index contributed by atoms with van der Waals surface area (Å²) >= 11 is 0. The summed E-state index contributed by atoms with van der Waals surface area (Å²) in [4.78, 5) is 12.6. The van der Waals surface area contributed by atoms with E-state index in [4.69, 9.17) is 13.9 Å². The molecule has 0 aliphatic carbocycles. The van der Waals surface area contributed by atoms with Crippen molar-refractivity contribution in [3.8, 4) is 34.3 Å². The predicted molar refractivity (Wildman–Crippen MR) is 107 cm³/mol. The molecule has 0 bridgehead atoms. The normalized spacial score (nSPS) is 25.7. The van der Waals surface area contributed by atoms with Gasteiger partial charge in [-0.2, -0.15) is 0 Å². The van der Waals surface area contributed by atoms with Gasteiger partial charge in [0.05, 0.1) is 6.61 Å². The van der Waals surface area contributed by atoms with E-state index in [1.54, 1.807) is 0 Å². The van der Waals surface area contributed by atoms with Gasteiger partial charge in [0.2, 0.25) is 17.5 Å². The third kappa shape index (κ3) is 3.72. The summed E-state index contributed by atoms with van der Waals surface area (Å²) < 4.78 is 16.3. The zero-order chi connectivity index (χ0) is 23.2. The number of phenols is 2. The van der Waals surface area contributed by atoms with Crippen LogP contribution in [0.2, 0.25) is 0 Å². The van der Waals surface area contributed by atoms with Crippen molar-refractivity contribution in [2.24, 2.45) is 0 Å². The summed E-state index contributed by atoms with van der Waals surface area (Å²) in [6.45, 7) is -0.655. The van der Waals surface area contributed by atoms with Crippen molar-refractivity contribution in [2.75, 3.05) is 6.61 Å². The quantitative estimate of drug-likeness (QED) is 0.279. The number of phenolic OH excluding ortho intramolecular Hbond substituents is 2. The van der Waals surface area contributed by atoms with E-state index in [-0.39, 0.29) is 33.8 Å². The van der Waals surface area contributed by atoms with Crippen molar-refractivity contribution in [3.05, 3.63) is 46.6 Å². The Morgan fingerprint density at radius 3 is 2.28 bits per heavy atom. The summed E-state index contributed by atoms with van der Waals surface area (Å²) in [5.74, 6) is -1.73. The molecule has 3 aromatic rings. The van der Waals surface area contributed by atoms with Gasteiger partial charge in [-0.1, -0.05) is 0 Å². The van der Waals surface area contributed by atoms with E-state index in [1.807, 2.05) is 0 Å². The van der Waals surface area contributed by atoms with E-state index in [0.29, 0.717) is 0 Å². The van der Waals surface area contributed by atoms with Gasteiger partial charge >= 0.3 is 0 Å².